The van der Waals surface area contributed by atoms with Gasteiger partial charge >= 0.3 is 17.3 Å². The minimum atomic E-state index is -2.11. The molecule has 1 amide bonds. The topological polar surface area (TPSA) is 190 Å². The third-order valence-electron chi connectivity index (χ3n) is 8.14. The van der Waals surface area contributed by atoms with Crippen molar-refractivity contribution in [1.29, 1.82) is 0 Å². The van der Waals surface area contributed by atoms with Crippen LogP contribution in [0.1, 0.15) is 43.0 Å². The zero-order valence-corrected chi connectivity index (χ0v) is 33.0. The molecule has 6 aromatic rings. The summed E-state index contributed by atoms with van der Waals surface area (Å²) >= 11 is -1.62. The molecule has 0 aliphatic heterocycles. The van der Waals surface area contributed by atoms with Crippen LogP contribution in [0.4, 0.5) is 11.4 Å². The first-order valence-electron chi connectivity index (χ1n) is 17.5. The molecular formula is C42H36N2O13S2. The molecule has 0 saturated carbocycles. The number of hydrogen-bond donors (Lipinski definition) is 4. The van der Waals surface area contributed by atoms with E-state index in [0.717, 1.165) is 11.1 Å². The van der Waals surface area contributed by atoms with Gasteiger partial charge in [-0.05, 0) is 128 Å². The molecule has 17 heteroatoms. The monoisotopic (exact) mass is 840 g/mol. The smallest absolute Gasteiger partial charge is 0.417 e. The number of carbonyl (C=O) groups is 2. The van der Waals surface area contributed by atoms with Crippen LogP contribution in [-0.2, 0) is 38.6 Å². The van der Waals surface area contributed by atoms with Crippen molar-refractivity contribution in [3.8, 4) is 34.5 Å². The number of aryl methyl sites for hydroxylation is 2. The standard InChI is InChI=1S/C42H36N2O13S2/c1-27-3-12-35(13-4-27)53-57-58-54-37-21-22-39(40(24-37)42(46)47)41(45)43-31-8-17-33(18-9-31)52-34-19-10-32(11-20-34)44-50-25-29-7-16-38(23-30(29)26-51-48)56-59(49)55-36-14-5-28(2)6-15-36/h3-24,44,48H,25-26H2,1-2H3,(H,43,45)(H,46,47). The van der Waals surface area contributed by atoms with Crippen LogP contribution >= 0.6 is 12.3 Å². The molecule has 304 valence electrons. The van der Waals surface area contributed by atoms with Crippen molar-refractivity contribution < 1.29 is 60.4 Å². The molecule has 0 radical (unpaired) electrons. The lowest BCUT2D eigenvalue weighted by atomic mass is 10.1. The molecule has 1 unspecified atom stereocenters. The first kappa shape index (κ1) is 42.0. The first-order chi connectivity index (χ1) is 28.6. The van der Waals surface area contributed by atoms with Gasteiger partial charge in [0.1, 0.15) is 35.4 Å². The zero-order valence-electron chi connectivity index (χ0n) is 31.3. The normalized spacial score (nSPS) is 11.2. The number of anilines is 2. The SMILES string of the molecule is Cc1ccc(OOSOc2ccc(C(=O)Nc3ccc(Oc4ccc(NOCc5ccc(OS(=O)Oc6ccc(C)cc6)cc5COO)cc4)cc3)c(C(=O)O)c2)cc1. The summed E-state index contributed by atoms with van der Waals surface area (Å²) in [6.07, 6.45) is 0. The molecule has 6 aromatic carbocycles. The van der Waals surface area contributed by atoms with Crippen molar-refractivity contribution in [3.05, 3.63) is 167 Å². The van der Waals surface area contributed by atoms with Crippen molar-refractivity contribution in [2.45, 2.75) is 27.1 Å². The Morgan fingerprint density at radius 1 is 0.627 bits per heavy atom. The van der Waals surface area contributed by atoms with E-state index in [-0.39, 0.29) is 35.8 Å². The van der Waals surface area contributed by atoms with Crippen LogP contribution in [0, 0.1) is 13.8 Å². The molecule has 4 N–H and O–H groups in total. The van der Waals surface area contributed by atoms with E-state index < -0.39 is 23.2 Å². The zero-order chi connectivity index (χ0) is 41.6. The van der Waals surface area contributed by atoms with Gasteiger partial charge in [0.25, 0.3) is 18.2 Å². The highest BCUT2D eigenvalue weighted by Gasteiger charge is 2.19. The molecule has 0 fully saturated rings. The second-order valence-corrected chi connectivity index (χ2v) is 13.7. The molecule has 0 aliphatic rings. The van der Waals surface area contributed by atoms with Gasteiger partial charge in [0, 0.05) is 5.69 Å². The summed E-state index contributed by atoms with van der Waals surface area (Å²) in [6, 6.07) is 36.4. The summed E-state index contributed by atoms with van der Waals surface area (Å²) in [4.78, 5) is 40.2. The van der Waals surface area contributed by atoms with Gasteiger partial charge in [-0.3, -0.25) is 20.4 Å². The second-order valence-electron chi connectivity index (χ2n) is 12.5. The minimum absolute atomic E-state index is 0.0775. The molecule has 1 atom stereocenters. The molecule has 0 heterocycles. The average Bonchev–Trinajstić information content (AvgIpc) is 3.23. The second kappa shape index (κ2) is 20.7. The molecular weight excluding hydrogens is 805 g/mol. The predicted molar refractivity (Wildman–Crippen MR) is 218 cm³/mol. The molecule has 0 bridgehead atoms. The van der Waals surface area contributed by atoms with Gasteiger partial charge in [0.2, 0.25) is 0 Å². The summed E-state index contributed by atoms with van der Waals surface area (Å²) in [7, 11) is 0. The number of aromatic carboxylic acids is 1. The third kappa shape index (κ3) is 12.7. The van der Waals surface area contributed by atoms with Gasteiger partial charge in [-0.1, -0.05) is 45.8 Å². The van der Waals surface area contributed by atoms with E-state index in [9.17, 15) is 18.9 Å². The number of ether oxygens (including phenoxy) is 1. The quantitative estimate of drug-likeness (QED) is 0.0246. The highest BCUT2D eigenvalue weighted by atomic mass is 32.2. The van der Waals surface area contributed by atoms with Crippen molar-refractivity contribution in [2.75, 3.05) is 10.8 Å². The lowest BCUT2D eigenvalue weighted by Gasteiger charge is -2.13. The maximum atomic E-state index is 13.1. The van der Waals surface area contributed by atoms with E-state index in [1.807, 2.05) is 38.1 Å². The van der Waals surface area contributed by atoms with Crippen LogP contribution in [0.15, 0.2) is 133 Å². The van der Waals surface area contributed by atoms with E-state index >= 15 is 0 Å². The van der Waals surface area contributed by atoms with Crippen LogP contribution < -0.4 is 33.0 Å². The summed E-state index contributed by atoms with van der Waals surface area (Å²) < 4.78 is 39.3. The Hall–Kier alpha value is -6.60. The molecule has 6 rings (SSSR count). The number of carboxylic acids is 1. The molecule has 0 spiro atoms. The number of hydrogen-bond acceptors (Lipinski definition) is 14. The fraction of sp³-hybridized carbons (Fsp3) is 0.0952. The lowest BCUT2D eigenvalue weighted by Crippen LogP contribution is -2.16. The Labute approximate surface area is 345 Å². The van der Waals surface area contributed by atoms with Gasteiger partial charge in [-0.25, -0.2) is 9.68 Å². The van der Waals surface area contributed by atoms with Crippen molar-refractivity contribution in [1.82, 2.24) is 0 Å². The van der Waals surface area contributed by atoms with Crippen molar-refractivity contribution in [3.63, 3.8) is 0 Å². The van der Waals surface area contributed by atoms with Gasteiger partial charge < -0.3 is 32.6 Å². The predicted octanol–water partition coefficient (Wildman–Crippen LogP) is 9.57. The summed E-state index contributed by atoms with van der Waals surface area (Å²) in [5.74, 6) is 0.262. The van der Waals surface area contributed by atoms with Crippen LogP contribution in [-0.4, -0.2) is 26.4 Å². The van der Waals surface area contributed by atoms with E-state index in [2.05, 4.69) is 15.7 Å². The number of nitrogens with one attached hydrogen (secondary N) is 2. The number of amides is 1. The molecule has 59 heavy (non-hydrogen) atoms. The summed E-state index contributed by atoms with van der Waals surface area (Å²) in [6.45, 7) is 3.78. The number of rotatable bonds is 20. The third-order valence-corrected chi connectivity index (χ3v) is 9.18. The largest absolute Gasteiger partial charge is 0.478 e. The summed E-state index contributed by atoms with van der Waals surface area (Å²) in [5.41, 5.74) is 6.81. The Morgan fingerprint density at radius 3 is 1.85 bits per heavy atom. The van der Waals surface area contributed by atoms with Crippen molar-refractivity contribution >= 4 is 46.9 Å². The number of carboxylic acid groups (broad SMARTS) is 1. The van der Waals surface area contributed by atoms with E-state index in [4.69, 9.17) is 36.6 Å². The molecule has 15 nitrogen and oxygen atoms in total. The van der Waals surface area contributed by atoms with E-state index in [1.54, 1.807) is 91.0 Å². The maximum Gasteiger partial charge on any atom is 0.417 e. The highest BCUT2D eigenvalue weighted by Crippen LogP contribution is 2.28. The fourth-order valence-corrected chi connectivity index (χ4v) is 6.03. The van der Waals surface area contributed by atoms with Gasteiger partial charge in [0.05, 0.1) is 23.4 Å². The minimum Gasteiger partial charge on any atom is -0.478 e. The van der Waals surface area contributed by atoms with Crippen LogP contribution in [0.3, 0.4) is 0 Å². The number of carbonyl (C=O) groups excluding carboxylic acids is 1. The Balaban J connectivity index is 0.955. The average molecular weight is 841 g/mol. The molecule has 0 aromatic heterocycles. The number of benzene rings is 6. The van der Waals surface area contributed by atoms with Crippen molar-refractivity contribution in [2.24, 2.45) is 0 Å². The lowest BCUT2D eigenvalue weighted by molar-refractivity contribution is -0.253. The van der Waals surface area contributed by atoms with Crippen LogP contribution in [0.5, 0.6) is 34.5 Å². The van der Waals surface area contributed by atoms with Gasteiger partial charge in [-0.15, -0.1) is 0 Å². The molecule has 0 saturated heterocycles. The maximum absolute atomic E-state index is 13.1. The Bertz CT molecular complexity index is 2360. The fourth-order valence-electron chi connectivity index (χ4n) is 5.15. The van der Waals surface area contributed by atoms with E-state index in [0.29, 0.717) is 57.8 Å². The van der Waals surface area contributed by atoms with E-state index in [1.165, 1.54) is 18.2 Å². The van der Waals surface area contributed by atoms with Crippen LogP contribution in [0.25, 0.3) is 0 Å². The first-order valence-corrected chi connectivity index (χ1v) is 19.2. The Kier molecular flexibility index (Phi) is 14.7. The van der Waals surface area contributed by atoms with Gasteiger partial charge in [-0.2, -0.15) is 4.21 Å². The summed E-state index contributed by atoms with van der Waals surface area (Å²) in [5, 5.41) is 21.6. The highest BCUT2D eigenvalue weighted by molar-refractivity contribution is 7.90. The molecule has 0 aliphatic carbocycles. The van der Waals surface area contributed by atoms with Gasteiger partial charge in [0.15, 0.2) is 5.75 Å². The van der Waals surface area contributed by atoms with Crippen LogP contribution in [0.2, 0.25) is 0 Å². The Morgan fingerprint density at radius 2 is 1.20 bits per heavy atom.